The summed E-state index contributed by atoms with van der Waals surface area (Å²) in [6.45, 7) is 2.00. The third kappa shape index (κ3) is 4.97. The number of aromatic nitrogens is 3. The number of rotatable bonds is 7. The summed E-state index contributed by atoms with van der Waals surface area (Å²) in [5.74, 6) is 0.465. The van der Waals surface area contributed by atoms with Crippen molar-refractivity contribution in [2.45, 2.75) is 31.2 Å². The molecule has 0 atom stereocenters. The number of nitrogens with zero attached hydrogens (tertiary/aromatic N) is 3. The molecule has 1 N–H and O–H groups in total. The molecule has 29 heavy (non-hydrogen) atoms. The van der Waals surface area contributed by atoms with E-state index in [2.05, 4.69) is 22.4 Å². The second-order valence-electron chi connectivity index (χ2n) is 6.14. The van der Waals surface area contributed by atoms with E-state index < -0.39 is 23.2 Å². The van der Waals surface area contributed by atoms with Gasteiger partial charge in [0, 0.05) is 11.4 Å². The van der Waals surface area contributed by atoms with Crippen LogP contribution in [0.25, 0.3) is 5.69 Å². The molecule has 0 aliphatic rings. The molecule has 3 rings (SSSR count). The first kappa shape index (κ1) is 20.9. The minimum absolute atomic E-state index is 0.0559. The quantitative estimate of drug-likeness (QED) is 0.562. The zero-order valence-electron chi connectivity index (χ0n) is 15.6. The average molecular weight is 420 g/mol. The van der Waals surface area contributed by atoms with E-state index >= 15 is 0 Å². The zero-order valence-corrected chi connectivity index (χ0v) is 16.4. The van der Waals surface area contributed by atoms with Gasteiger partial charge in [-0.25, -0.2) is 0 Å². The predicted octanol–water partition coefficient (Wildman–Crippen LogP) is 4.72. The van der Waals surface area contributed by atoms with Crippen molar-refractivity contribution in [1.29, 1.82) is 0 Å². The molecule has 1 aromatic heterocycles. The number of halogens is 3. The summed E-state index contributed by atoms with van der Waals surface area (Å²) < 4.78 is 41.3. The van der Waals surface area contributed by atoms with E-state index in [-0.39, 0.29) is 6.54 Å². The van der Waals surface area contributed by atoms with E-state index in [0.29, 0.717) is 11.0 Å². The lowest BCUT2D eigenvalue weighted by atomic mass is 10.1. The number of carbonyl (C=O) groups excluding carboxylic acids is 1. The van der Waals surface area contributed by atoms with Crippen LogP contribution in [0.5, 0.6) is 0 Å². The second kappa shape index (κ2) is 9.13. The summed E-state index contributed by atoms with van der Waals surface area (Å²) in [5.41, 5.74) is -0.580. The molecule has 0 saturated carbocycles. The Kier molecular flexibility index (Phi) is 6.58. The highest BCUT2D eigenvalue weighted by atomic mass is 32.2. The van der Waals surface area contributed by atoms with Crippen molar-refractivity contribution >= 4 is 17.7 Å². The summed E-state index contributed by atoms with van der Waals surface area (Å²) in [5, 5.41) is 11.5. The first-order chi connectivity index (χ1) is 13.9. The monoisotopic (exact) mass is 420 g/mol. The Morgan fingerprint density at radius 1 is 1.07 bits per heavy atom. The van der Waals surface area contributed by atoms with Crippen LogP contribution in [0, 0.1) is 0 Å². The van der Waals surface area contributed by atoms with E-state index in [0.717, 1.165) is 30.0 Å². The smallest absolute Gasteiger partial charge is 0.345 e. The van der Waals surface area contributed by atoms with Gasteiger partial charge < -0.3 is 5.32 Å². The molecule has 0 fully saturated rings. The maximum Gasteiger partial charge on any atom is 0.417 e. The molecule has 2 aromatic carbocycles. The Balaban J connectivity index is 1.85. The number of thioether (sulfide) groups is 1. The van der Waals surface area contributed by atoms with Gasteiger partial charge in [0.05, 0.1) is 17.7 Å². The molecule has 0 saturated heterocycles. The average Bonchev–Trinajstić information content (AvgIpc) is 3.13. The number of nitrogens with one attached hydrogen (secondary N) is 1. The molecule has 3 aromatic rings. The van der Waals surface area contributed by atoms with E-state index in [1.807, 2.05) is 30.3 Å². The number of carbonyl (C=O) groups is 1. The fraction of sp³-hybridized carbons (Fsp3) is 0.250. The summed E-state index contributed by atoms with van der Waals surface area (Å²) in [6.07, 6.45) is -3.66. The lowest BCUT2D eigenvalue weighted by molar-refractivity contribution is -0.137. The van der Waals surface area contributed by atoms with Gasteiger partial charge in [-0.2, -0.15) is 13.2 Å². The van der Waals surface area contributed by atoms with E-state index in [1.165, 1.54) is 23.9 Å². The number of hydrogen-bond donors (Lipinski definition) is 1. The largest absolute Gasteiger partial charge is 0.417 e. The standard InChI is InChI=1S/C20H19F3N4OS/c1-2-12-29-19-26-25-17(27(19)14-8-4-3-5-9-14)13-24-18(28)15-10-6-7-11-16(15)20(21,22)23/h3-11H,2,12-13H2,1H3,(H,24,28). The van der Waals surface area contributed by atoms with Crippen LogP contribution in [0.4, 0.5) is 13.2 Å². The van der Waals surface area contributed by atoms with Crippen LogP contribution in [-0.2, 0) is 12.7 Å². The highest BCUT2D eigenvalue weighted by Crippen LogP contribution is 2.31. The molecule has 0 bridgehead atoms. The van der Waals surface area contributed by atoms with Crippen molar-refractivity contribution < 1.29 is 18.0 Å². The molecule has 152 valence electrons. The highest BCUT2D eigenvalue weighted by molar-refractivity contribution is 7.99. The van der Waals surface area contributed by atoms with Crippen LogP contribution < -0.4 is 5.32 Å². The highest BCUT2D eigenvalue weighted by Gasteiger charge is 2.34. The Morgan fingerprint density at radius 2 is 1.76 bits per heavy atom. The summed E-state index contributed by atoms with van der Waals surface area (Å²) in [7, 11) is 0. The van der Waals surface area contributed by atoms with Gasteiger partial charge in [-0.3, -0.25) is 9.36 Å². The Hall–Kier alpha value is -2.81. The van der Waals surface area contributed by atoms with Crippen molar-refractivity contribution in [2.24, 2.45) is 0 Å². The van der Waals surface area contributed by atoms with E-state index in [9.17, 15) is 18.0 Å². The second-order valence-corrected chi connectivity index (χ2v) is 7.21. The normalized spacial score (nSPS) is 11.4. The fourth-order valence-corrected chi connectivity index (χ4v) is 3.55. The lowest BCUT2D eigenvalue weighted by Crippen LogP contribution is -2.27. The predicted molar refractivity (Wildman–Crippen MR) is 105 cm³/mol. The van der Waals surface area contributed by atoms with Crippen LogP contribution in [-0.4, -0.2) is 26.4 Å². The topological polar surface area (TPSA) is 59.8 Å². The van der Waals surface area contributed by atoms with E-state index in [4.69, 9.17) is 0 Å². The molecule has 0 spiro atoms. The van der Waals surface area contributed by atoms with Crippen molar-refractivity contribution in [3.63, 3.8) is 0 Å². The third-order valence-corrected chi connectivity index (χ3v) is 5.17. The van der Waals surface area contributed by atoms with Gasteiger partial charge in [-0.05, 0) is 30.7 Å². The van der Waals surface area contributed by atoms with Crippen molar-refractivity contribution in [2.75, 3.05) is 5.75 Å². The number of benzene rings is 2. The summed E-state index contributed by atoms with van der Waals surface area (Å²) >= 11 is 1.53. The van der Waals surface area contributed by atoms with Gasteiger partial charge in [-0.15, -0.1) is 10.2 Å². The molecular formula is C20H19F3N4OS. The van der Waals surface area contributed by atoms with Crippen molar-refractivity contribution in [3.8, 4) is 5.69 Å². The Labute approximate surface area is 170 Å². The summed E-state index contributed by atoms with van der Waals surface area (Å²) in [4.78, 5) is 12.4. The van der Waals surface area contributed by atoms with Crippen LogP contribution in [0.1, 0.15) is 35.1 Å². The molecular weight excluding hydrogens is 401 g/mol. The molecule has 0 aliphatic heterocycles. The zero-order chi connectivity index (χ0) is 20.9. The van der Waals surface area contributed by atoms with Gasteiger partial charge in [0.15, 0.2) is 11.0 Å². The van der Waals surface area contributed by atoms with Gasteiger partial charge in [0.25, 0.3) is 5.91 Å². The summed E-state index contributed by atoms with van der Waals surface area (Å²) in [6, 6.07) is 14.1. The van der Waals surface area contributed by atoms with Gasteiger partial charge in [0.2, 0.25) is 0 Å². The molecule has 5 nitrogen and oxygen atoms in total. The van der Waals surface area contributed by atoms with E-state index in [1.54, 1.807) is 4.57 Å². The van der Waals surface area contributed by atoms with Crippen LogP contribution >= 0.6 is 11.8 Å². The molecule has 0 unspecified atom stereocenters. The Bertz CT molecular complexity index is 973. The van der Waals surface area contributed by atoms with Crippen LogP contribution in [0.2, 0.25) is 0 Å². The number of hydrogen-bond acceptors (Lipinski definition) is 4. The molecule has 1 heterocycles. The molecule has 9 heteroatoms. The number of para-hydroxylation sites is 1. The maximum absolute atomic E-state index is 13.2. The van der Waals surface area contributed by atoms with Crippen LogP contribution in [0.3, 0.4) is 0 Å². The molecule has 1 amide bonds. The number of alkyl halides is 3. The van der Waals surface area contributed by atoms with Gasteiger partial charge in [-0.1, -0.05) is 49.0 Å². The minimum Gasteiger partial charge on any atom is -0.345 e. The van der Waals surface area contributed by atoms with Gasteiger partial charge in [0.1, 0.15) is 0 Å². The first-order valence-corrected chi connectivity index (χ1v) is 9.97. The number of amides is 1. The SMILES string of the molecule is CCCSc1nnc(CNC(=O)c2ccccc2C(F)(F)F)n1-c1ccccc1. The van der Waals surface area contributed by atoms with Crippen molar-refractivity contribution in [3.05, 3.63) is 71.5 Å². The first-order valence-electron chi connectivity index (χ1n) is 8.98. The minimum atomic E-state index is -4.61. The fourth-order valence-electron chi connectivity index (χ4n) is 2.72. The van der Waals surface area contributed by atoms with Gasteiger partial charge >= 0.3 is 6.18 Å². The maximum atomic E-state index is 13.2. The van der Waals surface area contributed by atoms with Crippen molar-refractivity contribution in [1.82, 2.24) is 20.1 Å². The Morgan fingerprint density at radius 3 is 2.45 bits per heavy atom. The third-order valence-electron chi connectivity index (χ3n) is 4.03. The van der Waals surface area contributed by atoms with Crippen LogP contribution in [0.15, 0.2) is 59.8 Å². The lowest BCUT2D eigenvalue weighted by Gasteiger charge is -2.13. The molecule has 0 aliphatic carbocycles. The molecule has 0 radical (unpaired) electrons.